The van der Waals surface area contributed by atoms with Crippen molar-refractivity contribution < 1.29 is 14.3 Å². The van der Waals surface area contributed by atoms with Crippen LogP contribution in [0.4, 0.5) is 4.79 Å². The number of benzene rings is 1. The maximum atomic E-state index is 10.9. The molecule has 0 aromatic heterocycles. The highest BCUT2D eigenvalue weighted by molar-refractivity contribution is 5.69. The maximum Gasteiger partial charge on any atom is 0.407 e. The van der Waals surface area contributed by atoms with Crippen molar-refractivity contribution in [1.82, 2.24) is 10.6 Å². The van der Waals surface area contributed by atoms with E-state index in [1.165, 1.54) is 5.56 Å². The molecule has 2 atom stereocenters. The largest absolute Gasteiger partial charge is 0.490 e. The molecule has 1 amide bonds. The van der Waals surface area contributed by atoms with Crippen molar-refractivity contribution in [2.45, 2.75) is 26.0 Å². The third-order valence-electron chi connectivity index (χ3n) is 3.05. The van der Waals surface area contributed by atoms with Gasteiger partial charge in [-0.05, 0) is 31.2 Å². The van der Waals surface area contributed by atoms with Crippen molar-refractivity contribution in [3.05, 3.63) is 29.8 Å². The zero-order valence-corrected chi connectivity index (χ0v) is 11.3. The van der Waals surface area contributed by atoms with Gasteiger partial charge in [-0.25, -0.2) is 4.79 Å². The van der Waals surface area contributed by atoms with E-state index >= 15 is 0 Å². The Morgan fingerprint density at radius 1 is 1.58 bits per heavy atom. The lowest BCUT2D eigenvalue weighted by atomic mass is 10.1. The van der Waals surface area contributed by atoms with Gasteiger partial charge in [0.05, 0.1) is 6.54 Å². The Hall–Kier alpha value is -1.75. The van der Waals surface area contributed by atoms with Crippen molar-refractivity contribution in [3.63, 3.8) is 0 Å². The van der Waals surface area contributed by atoms with Crippen LogP contribution in [-0.2, 0) is 4.74 Å². The minimum absolute atomic E-state index is 0.206. The van der Waals surface area contributed by atoms with Gasteiger partial charge in [0, 0.05) is 6.04 Å². The summed E-state index contributed by atoms with van der Waals surface area (Å²) in [6.45, 7) is 6.00. The first-order chi connectivity index (χ1) is 9.19. The third kappa shape index (κ3) is 3.86. The van der Waals surface area contributed by atoms with Crippen LogP contribution in [0, 0.1) is 0 Å². The smallest absolute Gasteiger partial charge is 0.407 e. The van der Waals surface area contributed by atoms with E-state index < -0.39 is 0 Å². The summed E-state index contributed by atoms with van der Waals surface area (Å²) in [5.74, 6) is 0.796. The average molecular weight is 264 g/mol. The Morgan fingerprint density at radius 2 is 2.42 bits per heavy atom. The van der Waals surface area contributed by atoms with E-state index in [0.29, 0.717) is 19.2 Å². The lowest BCUT2D eigenvalue weighted by molar-refractivity contribution is 0.105. The Morgan fingerprint density at radius 3 is 3.11 bits per heavy atom. The highest BCUT2D eigenvalue weighted by Crippen LogP contribution is 2.19. The van der Waals surface area contributed by atoms with Gasteiger partial charge in [0.2, 0.25) is 0 Å². The van der Waals surface area contributed by atoms with E-state index in [9.17, 15) is 4.79 Å². The van der Waals surface area contributed by atoms with Crippen molar-refractivity contribution in [2.24, 2.45) is 0 Å². The molecule has 1 heterocycles. The Balaban J connectivity index is 1.89. The molecule has 1 saturated heterocycles. The summed E-state index contributed by atoms with van der Waals surface area (Å²) in [7, 11) is 0. The minimum Gasteiger partial charge on any atom is -0.490 e. The molecule has 5 heteroatoms. The van der Waals surface area contributed by atoms with Gasteiger partial charge < -0.3 is 20.1 Å². The molecule has 1 aromatic rings. The molecule has 2 N–H and O–H groups in total. The van der Waals surface area contributed by atoms with E-state index in [4.69, 9.17) is 9.47 Å². The molecule has 0 spiro atoms. The van der Waals surface area contributed by atoms with Crippen LogP contribution in [0.15, 0.2) is 24.3 Å². The van der Waals surface area contributed by atoms with Crippen LogP contribution in [-0.4, -0.2) is 31.9 Å². The van der Waals surface area contributed by atoms with E-state index in [-0.39, 0.29) is 12.2 Å². The molecule has 5 nitrogen and oxygen atoms in total. The van der Waals surface area contributed by atoms with E-state index in [2.05, 4.69) is 30.5 Å². The normalized spacial score (nSPS) is 19.7. The highest BCUT2D eigenvalue weighted by atomic mass is 16.6. The SMILES string of the molecule is CCNC(C)c1cccc(OCC2CNC(=O)O2)c1. The summed E-state index contributed by atoms with van der Waals surface area (Å²) in [5, 5.41) is 5.96. The fourth-order valence-electron chi connectivity index (χ4n) is 2.01. The molecule has 0 radical (unpaired) electrons. The molecule has 0 saturated carbocycles. The van der Waals surface area contributed by atoms with E-state index in [0.717, 1.165) is 12.3 Å². The summed E-state index contributed by atoms with van der Waals surface area (Å²) in [4.78, 5) is 10.9. The van der Waals surface area contributed by atoms with Gasteiger partial charge in [0.1, 0.15) is 12.4 Å². The van der Waals surface area contributed by atoms with Crippen LogP contribution in [0.3, 0.4) is 0 Å². The highest BCUT2D eigenvalue weighted by Gasteiger charge is 2.22. The number of hydrogen-bond donors (Lipinski definition) is 2. The number of hydrogen-bond acceptors (Lipinski definition) is 4. The molecular weight excluding hydrogens is 244 g/mol. The fourth-order valence-corrected chi connectivity index (χ4v) is 2.01. The number of cyclic esters (lactones) is 1. The van der Waals surface area contributed by atoms with Crippen LogP contribution in [0.25, 0.3) is 0 Å². The van der Waals surface area contributed by atoms with Crippen molar-refractivity contribution in [1.29, 1.82) is 0 Å². The zero-order chi connectivity index (χ0) is 13.7. The van der Waals surface area contributed by atoms with Crippen molar-refractivity contribution in [3.8, 4) is 5.75 Å². The molecule has 19 heavy (non-hydrogen) atoms. The number of amides is 1. The zero-order valence-electron chi connectivity index (χ0n) is 11.3. The lowest BCUT2D eigenvalue weighted by Crippen LogP contribution is -2.22. The van der Waals surface area contributed by atoms with Gasteiger partial charge in [-0.3, -0.25) is 0 Å². The molecule has 2 unspecified atom stereocenters. The molecular formula is C14H20N2O3. The first-order valence-corrected chi connectivity index (χ1v) is 6.59. The molecule has 0 bridgehead atoms. The monoisotopic (exact) mass is 264 g/mol. The Bertz CT molecular complexity index is 436. The molecule has 104 valence electrons. The van der Waals surface area contributed by atoms with Gasteiger partial charge in [0.25, 0.3) is 0 Å². The Labute approximate surface area is 113 Å². The van der Waals surface area contributed by atoms with Crippen LogP contribution in [0.5, 0.6) is 5.75 Å². The van der Waals surface area contributed by atoms with Crippen LogP contribution in [0.1, 0.15) is 25.5 Å². The number of alkyl carbamates (subject to hydrolysis) is 1. The van der Waals surface area contributed by atoms with Gasteiger partial charge in [0.15, 0.2) is 6.10 Å². The van der Waals surface area contributed by atoms with Crippen molar-refractivity contribution in [2.75, 3.05) is 19.7 Å². The fraction of sp³-hybridized carbons (Fsp3) is 0.500. The summed E-state index contributed by atoms with van der Waals surface area (Å²) in [6.07, 6.45) is -0.578. The summed E-state index contributed by atoms with van der Waals surface area (Å²) in [6, 6.07) is 8.25. The second kappa shape index (κ2) is 6.43. The van der Waals surface area contributed by atoms with Gasteiger partial charge in [-0.15, -0.1) is 0 Å². The average Bonchev–Trinajstić information content (AvgIpc) is 2.83. The topological polar surface area (TPSA) is 59.6 Å². The number of ether oxygens (including phenoxy) is 2. The predicted molar refractivity (Wildman–Crippen MR) is 72.3 cm³/mol. The maximum absolute atomic E-state index is 10.9. The second-order valence-corrected chi connectivity index (χ2v) is 4.57. The standard InChI is InChI=1S/C14H20N2O3/c1-3-15-10(2)11-5-4-6-12(7-11)18-9-13-8-16-14(17)19-13/h4-7,10,13,15H,3,8-9H2,1-2H3,(H,16,17). The summed E-state index contributed by atoms with van der Waals surface area (Å²) >= 11 is 0. The minimum atomic E-state index is -0.372. The summed E-state index contributed by atoms with van der Waals surface area (Å²) in [5.41, 5.74) is 1.18. The predicted octanol–water partition coefficient (Wildman–Crippen LogP) is 1.84. The van der Waals surface area contributed by atoms with Crippen LogP contribution < -0.4 is 15.4 Å². The first kappa shape index (κ1) is 13.7. The molecule has 2 rings (SSSR count). The quantitative estimate of drug-likeness (QED) is 0.823. The third-order valence-corrected chi connectivity index (χ3v) is 3.05. The van der Waals surface area contributed by atoms with Gasteiger partial charge in [-0.2, -0.15) is 0 Å². The van der Waals surface area contributed by atoms with Crippen LogP contribution in [0.2, 0.25) is 0 Å². The number of carbonyl (C=O) groups is 1. The molecule has 1 aliphatic rings. The van der Waals surface area contributed by atoms with Gasteiger partial charge in [-0.1, -0.05) is 19.1 Å². The Kier molecular flexibility index (Phi) is 4.63. The van der Waals surface area contributed by atoms with E-state index in [1.807, 2.05) is 18.2 Å². The van der Waals surface area contributed by atoms with Crippen LogP contribution >= 0.6 is 0 Å². The lowest BCUT2D eigenvalue weighted by Gasteiger charge is -2.15. The van der Waals surface area contributed by atoms with Crippen molar-refractivity contribution >= 4 is 6.09 Å². The molecule has 1 fully saturated rings. The second-order valence-electron chi connectivity index (χ2n) is 4.57. The number of carbonyl (C=O) groups excluding carboxylic acids is 1. The summed E-state index contributed by atoms with van der Waals surface area (Å²) < 4.78 is 10.7. The molecule has 0 aliphatic carbocycles. The first-order valence-electron chi connectivity index (χ1n) is 6.59. The number of rotatable bonds is 6. The van der Waals surface area contributed by atoms with Gasteiger partial charge >= 0.3 is 6.09 Å². The number of nitrogens with one attached hydrogen (secondary N) is 2. The molecule has 1 aliphatic heterocycles. The molecule has 1 aromatic carbocycles. The van der Waals surface area contributed by atoms with E-state index in [1.54, 1.807) is 0 Å².